The van der Waals surface area contributed by atoms with Crippen LogP contribution in [0.4, 0.5) is 0 Å². The molecule has 1 rings (SSSR count). The molecule has 0 aromatic rings. The van der Waals surface area contributed by atoms with E-state index >= 15 is 0 Å². The van der Waals surface area contributed by atoms with E-state index in [2.05, 4.69) is 25.7 Å². The van der Waals surface area contributed by atoms with Crippen LogP contribution in [-0.4, -0.2) is 42.0 Å². The highest BCUT2D eigenvalue weighted by Gasteiger charge is 2.43. The van der Waals surface area contributed by atoms with Crippen molar-refractivity contribution < 1.29 is 4.79 Å². The van der Waals surface area contributed by atoms with Gasteiger partial charge in [-0.25, -0.2) is 0 Å². The average molecular weight is 184 g/mol. The van der Waals surface area contributed by atoms with E-state index in [4.69, 9.17) is 0 Å². The monoisotopic (exact) mass is 184 g/mol. The zero-order chi connectivity index (χ0) is 10.2. The second-order valence-electron chi connectivity index (χ2n) is 4.62. The number of hydrogen-bond acceptors (Lipinski definition) is 2. The van der Waals surface area contributed by atoms with Gasteiger partial charge in [-0.15, -0.1) is 0 Å². The minimum Gasteiger partial charge on any atom is -0.326 e. The molecule has 3 heteroatoms. The van der Waals surface area contributed by atoms with Crippen LogP contribution in [0, 0.1) is 5.92 Å². The number of hydrogen-bond donors (Lipinski definition) is 0. The topological polar surface area (TPSA) is 23.6 Å². The van der Waals surface area contributed by atoms with Crippen molar-refractivity contribution in [1.82, 2.24) is 9.80 Å². The third kappa shape index (κ3) is 1.70. The Balaban J connectivity index is 2.81. The van der Waals surface area contributed by atoms with Gasteiger partial charge in [-0.05, 0) is 26.3 Å². The highest BCUT2D eigenvalue weighted by atomic mass is 16.2. The second-order valence-corrected chi connectivity index (χ2v) is 4.62. The molecule has 3 nitrogen and oxygen atoms in total. The van der Waals surface area contributed by atoms with Gasteiger partial charge in [-0.1, -0.05) is 13.8 Å². The van der Waals surface area contributed by atoms with Gasteiger partial charge in [-0.2, -0.15) is 0 Å². The van der Waals surface area contributed by atoms with Crippen molar-refractivity contribution in [3.05, 3.63) is 0 Å². The second kappa shape index (κ2) is 3.29. The van der Waals surface area contributed by atoms with Gasteiger partial charge < -0.3 is 4.90 Å². The van der Waals surface area contributed by atoms with E-state index in [1.165, 1.54) is 0 Å². The standard InChI is InChI=1S/C10H20N2O/c1-8(2)6-10(3)11(4)7-9(13)12(10)5/h8H,6-7H2,1-5H3. The molecule has 0 bridgehead atoms. The van der Waals surface area contributed by atoms with E-state index in [0.29, 0.717) is 12.5 Å². The molecule has 1 aliphatic heterocycles. The Morgan fingerprint density at radius 2 is 2.00 bits per heavy atom. The maximum Gasteiger partial charge on any atom is 0.238 e. The van der Waals surface area contributed by atoms with Crippen LogP contribution in [0.25, 0.3) is 0 Å². The highest BCUT2D eigenvalue weighted by molar-refractivity contribution is 5.81. The summed E-state index contributed by atoms with van der Waals surface area (Å²) in [6.45, 7) is 7.07. The molecule has 0 aliphatic carbocycles. The fourth-order valence-corrected chi connectivity index (χ4v) is 2.07. The van der Waals surface area contributed by atoms with Gasteiger partial charge in [0, 0.05) is 7.05 Å². The summed E-state index contributed by atoms with van der Waals surface area (Å²) in [6, 6.07) is 0. The fourth-order valence-electron chi connectivity index (χ4n) is 2.07. The molecule has 13 heavy (non-hydrogen) atoms. The predicted octanol–water partition coefficient (Wildman–Crippen LogP) is 1.15. The van der Waals surface area contributed by atoms with E-state index in [9.17, 15) is 4.79 Å². The van der Waals surface area contributed by atoms with Gasteiger partial charge in [0.05, 0.1) is 12.2 Å². The van der Waals surface area contributed by atoms with Gasteiger partial charge in [-0.3, -0.25) is 9.69 Å². The van der Waals surface area contributed by atoms with E-state index in [1.807, 2.05) is 19.0 Å². The van der Waals surface area contributed by atoms with Crippen LogP contribution in [0.5, 0.6) is 0 Å². The van der Waals surface area contributed by atoms with Gasteiger partial charge in [0.1, 0.15) is 0 Å². The molecule has 1 heterocycles. The summed E-state index contributed by atoms with van der Waals surface area (Å²) in [5.74, 6) is 0.839. The molecular weight excluding hydrogens is 164 g/mol. The quantitative estimate of drug-likeness (QED) is 0.643. The van der Waals surface area contributed by atoms with Crippen molar-refractivity contribution >= 4 is 5.91 Å². The lowest BCUT2D eigenvalue weighted by Crippen LogP contribution is -2.49. The summed E-state index contributed by atoms with van der Waals surface area (Å²) in [4.78, 5) is 15.5. The fraction of sp³-hybridized carbons (Fsp3) is 0.900. The summed E-state index contributed by atoms with van der Waals surface area (Å²) >= 11 is 0. The maximum atomic E-state index is 11.5. The van der Waals surface area contributed by atoms with E-state index < -0.39 is 0 Å². The largest absolute Gasteiger partial charge is 0.326 e. The van der Waals surface area contributed by atoms with Gasteiger partial charge in [0.15, 0.2) is 0 Å². The first-order valence-corrected chi connectivity index (χ1v) is 4.86. The maximum absolute atomic E-state index is 11.5. The molecule has 1 aliphatic rings. The minimum atomic E-state index is -0.0781. The van der Waals surface area contributed by atoms with Crippen LogP contribution >= 0.6 is 0 Å². The third-order valence-corrected chi connectivity index (χ3v) is 3.09. The van der Waals surface area contributed by atoms with Crippen molar-refractivity contribution in [3.63, 3.8) is 0 Å². The number of rotatable bonds is 2. The number of carbonyl (C=O) groups excluding carboxylic acids is 1. The molecular formula is C10H20N2O. The van der Waals surface area contributed by atoms with Gasteiger partial charge >= 0.3 is 0 Å². The first-order chi connectivity index (χ1) is 5.88. The lowest BCUT2D eigenvalue weighted by molar-refractivity contribution is -0.129. The van der Waals surface area contributed by atoms with Crippen molar-refractivity contribution in [2.24, 2.45) is 5.92 Å². The van der Waals surface area contributed by atoms with Crippen LogP contribution in [0.2, 0.25) is 0 Å². The SMILES string of the molecule is CC(C)CC1(C)N(C)CC(=O)N1C. The van der Waals surface area contributed by atoms with Crippen molar-refractivity contribution in [2.45, 2.75) is 32.9 Å². The Morgan fingerprint density at radius 3 is 2.31 bits per heavy atom. The molecule has 1 amide bonds. The smallest absolute Gasteiger partial charge is 0.238 e. The minimum absolute atomic E-state index is 0.0781. The normalized spacial score (nSPS) is 30.6. The first-order valence-electron chi connectivity index (χ1n) is 4.86. The van der Waals surface area contributed by atoms with Crippen LogP contribution in [0.15, 0.2) is 0 Å². The molecule has 1 atom stereocenters. The Morgan fingerprint density at radius 1 is 1.46 bits per heavy atom. The molecule has 1 saturated heterocycles. The Bertz CT molecular complexity index is 215. The van der Waals surface area contributed by atoms with Crippen molar-refractivity contribution in [3.8, 4) is 0 Å². The van der Waals surface area contributed by atoms with E-state index in [0.717, 1.165) is 6.42 Å². The molecule has 0 spiro atoms. The number of likely N-dealkylation sites (N-methyl/N-ethyl adjacent to an activating group) is 2. The lowest BCUT2D eigenvalue weighted by Gasteiger charge is -2.38. The molecule has 0 saturated carbocycles. The summed E-state index contributed by atoms with van der Waals surface area (Å²) in [7, 11) is 3.91. The summed E-state index contributed by atoms with van der Waals surface area (Å²) in [5.41, 5.74) is -0.0781. The molecule has 0 aromatic carbocycles. The number of nitrogens with zero attached hydrogens (tertiary/aromatic N) is 2. The zero-order valence-corrected chi connectivity index (χ0v) is 9.29. The van der Waals surface area contributed by atoms with Crippen molar-refractivity contribution in [1.29, 1.82) is 0 Å². The summed E-state index contributed by atoms with van der Waals surface area (Å²) in [5, 5.41) is 0. The molecule has 0 aromatic heterocycles. The van der Waals surface area contributed by atoms with Gasteiger partial charge in [0.25, 0.3) is 0 Å². The van der Waals surface area contributed by atoms with E-state index in [-0.39, 0.29) is 11.6 Å². The summed E-state index contributed by atoms with van der Waals surface area (Å²) < 4.78 is 0. The predicted molar refractivity (Wildman–Crippen MR) is 53.3 cm³/mol. The van der Waals surface area contributed by atoms with E-state index in [1.54, 1.807) is 0 Å². The van der Waals surface area contributed by atoms with Gasteiger partial charge in [0.2, 0.25) is 5.91 Å². The molecule has 1 fully saturated rings. The van der Waals surface area contributed by atoms with Crippen LogP contribution < -0.4 is 0 Å². The molecule has 76 valence electrons. The first kappa shape index (κ1) is 10.5. The Hall–Kier alpha value is -0.570. The third-order valence-electron chi connectivity index (χ3n) is 3.09. The van der Waals surface area contributed by atoms with Crippen LogP contribution in [0.1, 0.15) is 27.2 Å². The molecule has 1 unspecified atom stereocenters. The Labute approximate surface area is 80.7 Å². The lowest BCUT2D eigenvalue weighted by atomic mass is 9.98. The zero-order valence-electron chi connectivity index (χ0n) is 9.29. The average Bonchev–Trinajstić information content (AvgIpc) is 2.15. The molecule has 0 radical (unpaired) electrons. The Kier molecular flexibility index (Phi) is 2.66. The van der Waals surface area contributed by atoms with Crippen LogP contribution in [0.3, 0.4) is 0 Å². The number of carbonyl (C=O) groups is 1. The van der Waals surface area contributed by atoms with Crippen LogP contribution in [-0.2, 0) is 4.79 Å². The van der Waals surface area contributed by atoms with Crippen molar-refractivity contribution in [2.75, 3.05) is 20.6 Å². The highest BCUT2D eigenvalue weighted by Crippen LogP contribution is 2.30. The number of amides is 1. The molecule has 0 N–H and O–H groups in total. The summed E-state index contributed by atoms with van der Waals surface area (Å²) in [6.07, 6.45) is 1.03.